The molecule has 0 spiro atoms. The van der Waals surface area contributed by atoms with E-state index in [1.807, 2.05) is 11.0 Å². The molecule has 4 nitrogen and oxygen atoms in total. The van der Waals surface area contributed by atoms with Gasteiger partial charge in [-0.15, -0.1) is 0 Å². The van der Waals surface area contributed by atoms with Crippen LogP contribution in [0.4, 0.5) is 0 Å². The number of carboxylic acids is 1. The lowest BCUT2D eigenvalue weighted by Crippen LogP contribution is -2.46. The van der Waals surface area contributed by atoms with E-state index in [4.69, 9.17) is 0 Å². The standard InChI is InChI=1S/C16H23NO3/c1-10-5-3-2-4-8-17(10)15(18)13-11-6-7-12(9-11)14(13)16(19)20/h6-7,10-14H,2-5,8-9H2,1H3,(H,19,20)/t10?,11?,12?,13-,14+/m0/s1. The number of carbonyl (C=O) groups is 2. The number of aliphatic carboxylic acids is 1. The molecule has 1 aliphatic heterocycles. The van der Waals surface area contributed by atoms with Gasteiger partial charge in [0, 0.05) is 12.6 Å². The van der Waals surface area contributed by atoms with Crippen LogP contribution in [0.15, 0.2) is 12.2 Å². The van der Waals surface area contributed by atoms with Gasteiger partial charge in [-0.25, -0.2) is 0 Å². The average Bonchev–Trinajstić information content (AvgIpc) is 2.95. The van der Waals surface area contributed by atoms with Gasteiger partial charge in [-0.1, -0.05) is 25.0 Å². The summed E-state index contributed by atoms with van der Waals surface area (Å²) in [5, 5.41) is 9.47. The SMILES string of the molecule is CC1CCCCCN1C(=O)[C@H]1C2C=CC(C2)[C@H]1C(=O)O. The van der Waals surface area contributed by atoms with Crippen LogP contribution < -0.4 is 0 Å². The molecule has 4 heteroatoms. The third-order valence-corrected chi connectivity index (χ3v) is 5.37. The number of allylic oxidation sites excluding steroid dienone is 2. The van der Waals surface area contributed by atoms with Crippen LogP contribution in [-0.4, -0.2) is 34.5 Å². The fourth-order valence-electron chi connectivity index (χ4n) is 4.29. The number of hydrogen-bond donors (Lipinski definition) is 1. The molecule has 2 fully saturated rings. The van der Waals surface area contributed by atoms with Crippen molar-refractivity contribution in [1.29, 1.82) is 0 Å². The van der Waals surface area contributed by atoms with Gasteiger partial charge in [-0.05, 0) is 38.0 Å². The highest BCUT2D eigenvalue weighted by Gasteiger charge is 2.52. The largest absolute Gasteiger partial charge is 0.481 e. The molecule has 3 rings (SSSR count). The van der Waals surface area contributed by atoms with Crippen LogP contribution >= 0.6 is 0 Å². The second-order valence-corrected chi connectivity index (χ2v) is 6.57. The van der Waals surface area contributed by atoms with Crippen molar-refractivity contribution in [3.63, 3.8) is 0 Å². The average molecular weight is 277 g/mol. The predicted octanol–water partition coefficient (Wildman–Crippen LogP) is 2.30. The minimum absolute atomic E-state index is 0.0636. The molecule has 1 N–H and O–H groups in total. The van der Waals surface area contributed by atoms with Gasteiger partial charge in [0.1, 0.15) is 0 Å². The molecule has 110 valence electrons. The Labute approximate surface area is 119 Å². The van der Waals surface area contributed by atoms with E-state index in [-0.39, 0.29) is 29.7 Å². The minimum atomic E-state index is -0.803. The van der Waals surface area contributed by atoms with Gasteiger partial charge >= 0.3 is 5.97 Å². The number of rotatable bonds is 2. The van der Waals surface area contributed by atoms with E-state index in [0.717, 1.165) is 25.8 Å². The summed E-state index contributed by atoms with van der Waals surface area (Å²) in [6.45, 7) is 2.89. The molecule has 3 aliphatic rings. The number of carbonyl (C=O) groups excluding carboxylic acids is 1. The molecule has 1 amide bonds. The number of amides is 1. The minimum Gasteiger partial charge on any atom is -0.481 e. The van der Waals surface area contributed by atoms with Crippen molar-refractivity contribution >= 4 is 11.9 Å². The molecule has 0 radical (unpaired) electrons. The Morgan fingerprint density at radius 3 is 2.50 bits per heavy atom. The monoisotopic (exact) mass is 277 g/mol. The van der Waals surface area contributed by atoms with E-state index in [1.54, 1.807) is 0 Å². The number of hydrogen-bond acceptors (Lipinski definition) is 2. The van der Waals surface area contributed by atoms with E-state index in [2.05, 4.69) is 13.0 Å². The van der Waals surface area contributed by atoms with Gasteiger partial charge in [-0.3, -0.25) is 9.59 Å². The molecule has 2 aliphatic carbocycles. The molecule has 0 aromatic carbocycles. The third kappa shape index (κ3) is 2.15. The van der Waals surface area contributed by atoms with Crippen molar-refractivity contribution in [3.8, 4) is 0 Å². The smallest absolute Gasteiger partial charge is 0.307 e. The Kier molecular flexibility index (Phi) is 3.57. The van der Waals surface area contributed by atoms with Crippen LogP contribution in [0.1, 0.15) is 39.0 Å². The molecule has 2 bridgehead atoms. The van der Waals surface area contributed by atoms with E-state index in [9.17, 15) is 14.7 Å². The summed E-state index contributed by atoms with van der Waals surface area (Å²) in [6.07, 6.45) is 9.34. The Bertz CT molecular complexity index is 445. The van der Waals surface area contributed by atoms with Crippen LogP contribution in [0, 0.1) is 23.7 Å². The molecule has 1 saturated heterocycles. The Balaban J connectivity index is 1.82. The first-order valence-electron chi connectivity index (χ1n) is 7.81. The highest BCUT2D eigenvalue weighted by atomic mass is 16.4. The maximum atomic E-state index is 12.9. The lowest BCUT2D eigenvalue weighted by atomic mass is 9.82. The van der Waals surface area contributed by atoms with Crippen LogP contribution in [0.2, 0.25) is 0 Å². The molecule has 5 atom stereocenters. The topological polar surface area (TPSA) is 57.6 Å². The third-order valence-electron chi connectivity index (χ3n) is 5.37. The molecule has 3 unspecified atom stereocenters. The fraction of sp³-hybridized carbons (Fsp3) is 0.750. The van der Waals surface area contributed by atoms with Gasteiger partial charge in [0.05, 0.1) is 11.8 Å². The second-order valence-electron chi connectivity index (χ2n) is 6.57. The normalized spacial score (nSPS) is 39.9. The van der Waals surface area contributed by atoms with Gasteiger partial charge in [0.25, 0.3) is 0 Å². The summed E-state index contributed by atoms with van der Waals surface area (Å²) >= 11 is 0. The van der Waals surface area contributed by atoms with Crippen molar-refractivity contribution in [2.75, 3.05) is 6.54 Å². The first-order valence-corrected chi connectivity index (χ1v) is 7.81. The maximum Gasteiger partial charge on any atom is 0.307 e. The molecule has 1 heterocycles. The van der Waals surface area contributed by atoms with Gasteiger partial charge in [-0.2, -0.15) is 0 Å². The fourth-order valence-corrected chi connectivity index (χ4v) is 4.29. The lowest BCUT2D eigenvalue weighted by Gasteiger charge is -2.33. The van der Waals surface area contributed by atoms with E-state index in [1.165, 1.54) is 12.8 Å². The summed E-state index contributed by atoms with van der Waals surface area (Å²) in [5.41, 5.74) is 0. The molecule has 0 aromatic rings. The number of nitrogens with zero attached hydrogens (tertiary/aromatic N) is 1. The van der Waals surface area contributed by atoms with Crippen molar-refractivity contribution in [2.24, 2.45) is 23.7 Å². The van der Waals surface area contributed by atoms with Gasteiger partial charge < -0.3 is 10.0 Å². The van der Waals surface area contributed by atoms with Crippen LogP contribution in [0.5, 0.6) is 0 Å². The molecular formula is C16H23NO3. The number of fused-ring (bicyclic) bond motifs is 2. The zero-order chi connectivity index (χ0) is 14.3. The molecule has 1 saturated carbocycles. The number of carboxylic acid groups (broad SMARTS) is 1. The summed E-state index contributed by atoms with van der Waals surface area (Å²) < 4.78 is 0. The van der Waals surface area contributed by atoms with Crippen LogP contribution in [-0.2, 0) is 9.59 Å². The molecule has 0 aromatic heterocycles. The Morgan fingerprint density at radius 1 is 1.10 bits per heavy atom. The number of likely N-dealkylation sites (tertiary alicyclic amines) is 1. The lowest BCUT2D eigenvalue weighted by molar-refractivity contribution is -0.151. The van der Waals surface area contributed by atoms with Crippen molar-refractivity contribution in [1.82, 2.24) is 4.90 Å². The Morgan fingerprint density at radius 2 is 1.80 bits per heavy atom. The zero-order valence-corrected chi connectivity index (χ0v) is 12.0. The highest BCUT2D eigenvalue weighted by Crippen LogP contribution is 2.49. The van der Waals surface area contributed by atoms with E-state index >= 15 is 0 Å². The summed E-state index contributed by atoms with van der Waals surface area (Å²) in [5.74, 6) is -1.35. The molecule has 20 heavy (non-hydrogen) atoms. The van der Waals surface area contributed by atoms with Gasteiger partial charge in [0.15, 0.2) is 0 Å². The van der Waals surface area contributed by atoms with Crippen molar-refractivity contribution in [3.05, 3.63) is 12.2 Å². The van der Waals surface area contributed by atoms with Crippen molar-refractivity contribution < 1.29 is 14.7 Å². The zero-order valence-electron chi connectivity index (χ0n) is 12.0. The quantitative estimate of drug-likeness (QED) is 0.788. The second kappa shape index (κ2) is 5.23. The van der Waals surface area contributed by atoms with Crippen molar-refractivity contribution in [2.45, 2.75) is 45.1 Å². The predicted molar refractivity (Wildman–Crippen MR) is 75.0 cm³/mol. The first-order chi connectivity index (χ1) is 9.59. The Hall–Kier alpha value is -1.32. The summed E-state index contributed by atoms with van der Waals surface area (Å²) in [7, 11) is 0. The first kappa shape index (κ1) is 13.7. The molecular weight excluding hydrogens is 254 g/mol. The summed E-state index contributed by atoms with van der Waals surface area (Å²) in [6, 6.07) is 0.252. The van der Waals surface area contributed by atoms with E-state index in [0.29, 0.717) is 0 Å². The highest BCUT2D eigenvalue weighted by molar-refractivity contribution is 5.87. The van der Waals surface area contributed by atoms with Crippen LogP contribution in [0.3, 0.4) is 0 Å². The van der Waals surface area contributed by atoms with Crippen LogP contribution in [0.25, 0.3) is 0 Å². The summed E-state index contributed by atoms with van der Waals surface area (Å²) in [4.78, 5) is 26.4. The van der Waals surface area contributed by atoms with E-state index < -0.39 is 11.9 Å². The van der Waals surface area contributed by atoms with Gasteiger partial charge in [0.2, 0.25) is 5.91 Å². The maximum absolute atomic E-state index is 12.9.